The average Bonchev–Trinajstić information content (AvgIpc) is 3.19. The van der Waals surface area contributed by atoms with Crippen LogP contribution in [0.2, 0.25) is 0 Å². The van der Waals surface area contributed by atoms with Crippen LogP contribution in [0.1, 0.15) is 36.6 Å². The summed E-state index contributed by atoms with van der Waals surface area (Å²) in [5, 5.41) is 10.3. The minimum atomic E-state index is 0.0725. The molecule has 0 bridgehead atoms. The van der Waals surface area contributed by atoms with Gasteiger partial charge in [-0.05, 0) is 73.3 Å². The Labute approximate surface area is 191 Å². The second-order valence-electron chi connectivity index (χ2n) is 8.94. The van der Waals surface area contributed by atoms with Crippen LogP contribution in [-0.2, 0) is 11.2 Å². The van der Waals surface area contributed by atoms with Gasteiger partial charge in [0.15, 0.2) is 0 Å². The number of aryl methyl sites for hydroxylation is 2. The van der Waals surface area contributed by atoms with Crippen LogP contribution in [0.15, 0.2) is 48.5 Å². The molecule has 32 heavy (non-hydrogen) atoms. The number of piperidine rings is 1. The lowest BCUT2D eigenvalue weighted by molar-refractivity contribution is -0.123. The molecule has 0 spiro atoms. The lowest BCUT2D eigenvalue weighted by Gasteiger charge is -2.37. The largest absolute Gasteiger partial charge is 0.395 e. The lowest BCUT2D eigenvalue weighted by Crippen LogP contribution is -2.38. The Kier molecular flexibility index (Phi) is 6.02. The molecule has 2 atom stereocenters. The van der Waals surface area contributed by atoms with Crippen molar-refractivity contribution < 1.29 is 9.90 Å². The van der Waals surface area contributed by atoms with Crippen LogP contribution in [0.25, 0.3) is 11.0 Å². The molecule has 1 saturated heterocycles. The summed E-state index contributed by atoms with van der Waals surface area (Å²) in [5.41, 5.74) is 5.62. The standard InChI is InChI=1S/C25H31N4O2P/c1-3-18-12-21(15-28-14-17(2)26-25(18)28)22-13-23(31)29-16-20(4-5-24(29)32-22)19-6-8-27(9-7-19)10-11-30/h4-5,12-16,19,24,30,32H,3,6-11H2,1-2H3. The third kappa shape index (κ3) is 4.07. The summed E-state index contributed by atoms with van der Waals surface area (Å²) in [6, 6.07) is 2.21. The zero-order valence-corrected chi connectivity index (χ0v) is 19.8. The van der Waals surface area contributed by atoms with Gasteiger partial charge in [-0.15, -0.1) is 0 Å². The average molecular weight is 451 g/mol. The Morgan fingerprint density at radius 3 is 2.81 bits per heavy atom. The lowest BCUT2D eigenvalue weighted by atomic mass is 9.88. The van der Waals surface area contributed by atoms with E-state index in [9.17, 15) is 4.79 Å². The van der Waals surface area contributed by atoms with E-state index >= 15 is 0 Å². The molecule has 1 N–H and O–H groups in total. The van der Waals surface area contributed by atoms with Crippen molar-refractivity contribution in [2.75, 3.05) is 26.2 Å². The predicted octanol–water partition coefficient (Wildman–Crippen LogP) is 3.55. The summed E-state index contributed by atoms with van der Waals surface area (Å²) >= 11 is 0. The second kappa shape index (κ2) is 8.93. The third-order valence-electron chi connectivity index (χ3n) is 6.80. The highest BCUT2D eigenvalue weighted by Crippen LogP contribution is 2.45. The number of aromatic nitrogens is 2. The SMILES string of the molecule is CCc1cc(C2=CC(=O)N3C=C(C4CCN(CCO)CC4)C=CC3P2)cn2cc(C)nc12. The minimum Gasteiger partial charge on any atom is -0.395 e. The first-order chi connectivity index (χ1) is 15.6. The number of β-amino-alcohol motifs (C(OH)–C–C–N with tert-alkyl or cyclic N) is 1. The van der Waals surface area contributed by atoms with Gasteiger partial charge in [-0.3, -0.25) is 4.79 Å². The summed E-state index contributed by atoms with van der Waals surface area (Å²) < 4.78 is 2.10. The molecule has 2 unspecified atom stereocenters. The van der Waals surface area contributed by atoms with Crippen molar-refractivity contribution in [3.8, 4) is 0 Å². The summed E-state index contributed by atoms with van der Waals surface area (Å²) in [6.45, 7) is 7.17. The number of aliphatic hydroxyl groups excluding tert-OH is 1. The van der Waals surface area contributed by atoms with Gasteiger partial charge >= 0.3 is 0 Å². The first-order valence-electron chi connectivity index (χ1n) is 11.6. The van der Waals surface area contributed by atoms with Crippen LogP contribution in [0.5, 0.6) is 0 Å². The molecule has 2 aromatic rings. The normalized spacial score (nSPS) is 23.0. The third-order valence-corrected chi connectivity index (χ3v) is 8.31. The van der Waals surface area contributed by atoms with E-state index < -0.39 is 0 Å². The van der Waals surface area contributed by atoms with Crippen molar-refractivity contribution in [1.29, 1.82) is 0 Å². The number of nitrogens with zero attached hydrogens (tertiary/aromatic N) is 4. The fourth-order valence-corrected chi connectivity index (χ4v) is 6.40. The molecule has 7 heteroatoms. The molecule has 5 heterocycles. The van der Waals surface area contributed by atoms with Crippen LogP contribution in [0.4, 0.5) is 0 Å². The Morgan fingerprint density at radius 2 is 2.06 bits per heavy atom. The maximum Gasteiger partial charge on any atom is 0.252 e. The van der Waals surface area contributed by atoms with Crippen molar-refractivity contribution in [3.05, 3.63) is 65.3 Å². The Hall–Kier alpha value is -2.27. The maximum atomic E-state index is 13.1. The molecule has 0 aliphatic carbocycles. The maximum absolute atomic E-state index is 13.1. The van der Waals surface area contributed by atoms with E-state index in [2.05, 4.69) is 58.0 Å². The molecule has 1 amide bonds. The van der Waals surface area contributed by atoms with Crippen molar-refractivity contribution in [2.45, 2.75) is 38.9 Å². The number of hydrogen-bond acceptors (Lipinski definition) is 4. The summed E-state index contributed by atoms with van der Waals surface area (Å²) in [6.07, 6.45) is 15.6. The van der Waals surface area contributed by atoms with Gasteiger partial charge in [0.25, 0.3) is 5.91 Å². The number of fused-ring (bicyclic) bond motifs is 2. The minimum absolute atomic E-state index is 0.0725. The van der Waals surface area contributed by atoms with Crippen molar-refractivity contribution in [2.24, 2.45) is 5.92 Å². The molecule has 168 valence electrons. The molecule has 0 radical (unpaired) electrons. The topological polar surface area (TPSA) is 61.1 Å². The second-order valence-corrected chi connectivity index (χ2v) is 10.4. The Morgan fingerprint density at radius 1 is 1.25 bits per heavy atom. The summed E-state index contributed by atoms with van der Waals surface area (Å²) in [4.78, 5) is 22.0. The molecule has 3 aliphatic heterocycles. The van der Waals surface area contributed by atoms with Crippen LogP contribution in [0, 0.1) is 12.8 Å². The summed E-state index contributed by atoms with van der Waals surface area (Å²) in [7, 11) is 0.521. The number of amides is 1. The van der Waals surface area contributed by atoms with Gasteiger partial charge in [0.05, 0.1) is 18.1 Å². The molecule has 0 saturated carbocycles. The van der Waals surface area contributed by atoms with Gasteiger partial charge in [-0.1, -0.05) is 27.7 Å². The van der Waals surface area contributed by atoms with Crippen LogP contribution < -0.4 is 0 Å². The van der Waals surface area contributed by atoms with Gasteiger partial charge in [0.1, 0.15) is 5.65 Å². The number of aliphatic hydroxyl groups is 1. The molecule has 3 aliphatic rings. The van der Waals surface area contributed by atoms with Crippen LogP contribution >= 0.6 is 8.58 Å². The predicted molar refractivity (Wildman–Crippen MR) is 130 cm³/mol. The van der Waals surface area contributed by atoms with Gasteiger partial charge in [-0.2, -0.15) is 0 Å². The number of rotatable bonds is 5. The van der Waals surface area contributed by atoms with Crippen LogP contribution in [-0.4, -0.2) is 62.2 Å². The fourth-order valence-electron chi connectivity index (χ4n) is 5.03. The van der Waals surface area contributed by atoms with E-state index in [0.717, 1.165) is 61.1 Å². The first-order valence-corrected chi connectivity index (χ1v) is 12.7. The monoisotopic (exact) mass is 450 g/mol. The number of allylic oxidation sites excluding steroid dienone is 2. The highest BCUT2D eigenvalue weighted by atomic mass is 31.1. The fraction of sp³-hybridized carbons (Fsp3) is 0.440. The molecule has 6 nitrogen and oxygen atoms in total. The van der Waals surface area contributed by atoms with E-state index in [-0.39, 0.29) is 18.3 Å². The first kappa shape index (κ1) is 21.6. The van der Waals surface area contributed by atoms with Crippen molar-refractivity contribution >= 4 is 25.4 Å². The van der Waals surface area contributed by atoms with Crippen LogP contribution in [0.3, 0.4) is 0 Å². The van der Waals surface area contributed by atoms with Gasteiger partial charge < -0.3 is 19.3 Å². The number of imidazole rings is 1. The Bertz CT molecular complexity index is 1120. The zero-order valence-electron chi connectivity index (χ0n) is 18.8. The molecule has 0 aromatic carbocycles. The van der Waals surface area contributed by atoms with Crippen molar-refractivity contribution in [1.82, 2.24) is 19.2 Å². The van der Waals surface area contributed by atoms with Gasteiger partial charge in [-0.25, -0.2) is 4.98 Å². The van der Waals surface area contributed by atoms with E-state index in [4.69, 9.17) is 5.11 Å². The van der Waals surface area contributed by atoms with E-state index in [1.165, 1.54) is 11.1 Å². The molecule has 2 aromatic heterocycles. The summed E-state index contributed by atoms with van der Waals surface area (Å²) in [5.74, 6) is 0.664. The highest BCUT2D eigenvalue weighted by molar-refractivity contribution is 7.51. The number of carbonyl (C=O) groups is 1. The van der Waals surface area contributed by atoms with E-state index in [1.54, 1.807) is 0 Å². The molecule has 1 fully saturated rings. The van der Waals surface area contributed by atoms with Crippen molar-refractivity contribution in [3.63, 3.8) is 0 Å². The van der Waals surface area contributed by atoms with E-state index in [1.807, 2.05) is 17.9 Å². The number of hydrogen-bond donors (Lipinski definition) is 1. The number of carbonyl (C=O) groups excluding carboxylic acids is 1. The number of pyridine rings is 1. The number of likely N-dealkylation sites (tertiary alicyclic amines) is 1. The smallest absolute Gasteiger partial charge is 0.252 e. The Balaban J connectivity index is 1.37. The van der Waals surface area contributed by atoms with Gasteiger partial charge in [0.2, 0.25) is 0 Å². The van der Waals surface area contributed by atoms with Gasteiger partial charge in [0, 0.05) is 31.2 Å². The quantitative estimate of drug-likeness (QED) is 0.708. The highest BCUT2D eigenvalue weighted by Gasteiger charge is 2.31. The molecule has 5 rings (SSSR count). The molecular weight excluding hydrogens is 419 g/mol. The molecular formula is C25H31N4O2P. The zero-order chi connectivity index (χ0) is 22.2. The van der Waals surface area contributed by atoms with E-state index in [0.29, 0.717) is 14.5 Å².